The fourth-order valence-corrected chi connectivity index (χ4v) is 1.05. The van der Waals surface area contributed by atoms with Gasteiger partial charge in [-0.25, -0.2) is 0 Å². The maximum Gasteiger partial charge on any atom is 0.307 e. The zero-order chi connectivity index (χ0) is 10.3. The first kappa shape index (κ1) is 11.9. The molecule has 0 spiro atoms. The van der Waals surface area contributed by atoms with Crippen molar-refractivity contribution in [2.75, 3.05) is 0 Å². The van der Waals surface area contributed by atoms with Gasteiger partial charge in [-0.05, 0) is 17.9 Å². The van der Waals surface area contributed by atoms with E-state index in [1.807, 2.05) is 39.0 Å². The van der Waals surface area contributed by atoms with Crippen LogP contribution in [-0.2, 0) is 4.79 Å². The van der Waals surface area contributed by atoms with Crippen LogP contribution in [0.25, 0.3) is 0 Å². The highest BCUT2D eigenvalue weighted by Gasteiger charge is 2.00. The SMILES string of the molecule is CC/C=C\C(=C/C(C)C)CC(=O)O. The molecule has 0 bridgehead atoms. The molecular formula is C11H18O2. The second-order valence-electron chi connectivity index (χ2n) is 3.37. The molecule has 74 valence electrons. The number of carbonyl (C=O) groups is 1. The van der Waals surface area contributed by atoms with Crippen molar-refractivity contribution in [2.45, 2.75) is 33.6 Å². The summed E-state index contributed by atoms with van der Waals surface area (Å²) < 4.78 is 0. The minimum Gasteiger partial charge on any atom is -0.481 e. The maximum absolute atomic E-state index is 10.5. The summed E-state index contributed by atoms with van der Waals surface area (Å²) in [6.07, 6.45) is 6.93. The van der Waals surface area contributed by atoms with Crippen molar-refractivity contribution < 1.29 is 9.90 Å². The van der Waals surface area contributed by atoms with Gasteiger partial charge in [0, 0.05) is 0 Å². The van der Waals surface area contributed by atoms with Gasteiger partial charge in [0.1, 0.15) is 0 Å². The van der Waals surface area contributed by atoms with E-state index in [0.717, 1.165) is 12.0 Å². The number of hydrogen-bond donors (Lipinski definition) is 1. The van der Waals surface area contributed by atoms with E-state index in [9.17, 15) is 4.79 Å². The standard InChI is InChI=1S/C11H18O2/c1-4-5-6-10(7-9(2)3)8-11(12)13/h5-7,9H,4,8H2,1-3H3,(H,12,13)/b6-5-,10-7+. The minimum atomic E-state index is -0.771. The maximum atomic E-state index is 10.5. The quantitative estimate of drug-likeness (QED) is 0.663. The van der Waals surface area contributed by atoms with E-state index in [-0.39, 0.29) is 6.42 Å². The van der Waals surface area contributed by atoms with Gasteiger partial charge in [-0.2, -0.15) is 0 Å². The molecule has 0 aliphatic rings. The van der Waals surface area contributed by atoms with Crippen LogP contribution in [0.1, 0.15) is 33.6 Å². The number of hydrogen-bond acceptors (Lipinski definition) is 1. The topological polar surface area (TPSA) is 37.3 Å². The van der Waals surface area contributed by atoms with E-state index < -0.39 is 5.97 Å². The predicted octanol–water partition coefficient (Wildman–Crippen LogP) is 3.01. The average molecular weight is 182 g/mol. The number of rotatable bonds is 5. The highest BCUT2D eigenvalue weighted by atomic mass is 16.4. The summed E-state index contributed by atoms with van der Waals surface area (Å²) in [4.78, 5) is 10.5. The molecule has 0 aliphatic heterocycles. The Morgan fingerprint density at radius 3 is 2.46 bits per heavy atom. The van der Waals surface area contributed by atoms with Crippen LogP contribution in [0.15, 0.2) is 23.8 Å². The second kappa shape index (κ2) is 6.46. The molecule has 0 rings (SSSR count). The molecule has 2 nitrogen and oxygen atoms in total. The molecule has 0 fully saturated rings. The van der Waals surface area contributed by atoms with Crippen molar-refractivity contribution in [3.05, 3.63) is 23.8 Å². The second-order valence-corrected chi connectivity index (χ2v) is 3.37. The first-order valence-corrected chi connectivity index (χ1v) is 4.65. The van der Waals surface area contributed by atoms with E-state index in [4.69, 9.17) is 5.11 Å². The zero-order valence-corrected chi connectivity index (χ0v) is 8.58. The molecule has 0 aliphatic carbocycles. The van der Waals surface area contributed by atoms with Gasteiger partial charge in [0.15, 0.2) is 0 Å². The molecule has 0 aromatic heterocycles. The largest absolute Gasteiger partial charge is 0.481 e. The monoisotopic (exact) mass is 182 g/mol. The molecule has 2 heteroatoms. The number of aliphatic carboxylic acids is 1. The first-order chi connectivity index (χ1) is 6.06. The van der Waals surface area contributed by atoms with Crippen molar-refractivity contribution in [1.82, 2.24) is 0 Å². The van der Waals surface area contributed by atoms with Crippen molar-refractivity contribution in [3.8, 4) is 0 Å². The lowest BCUT2D eigenvalue weighted by Crippen LogP contribution is -1.97. The lowest BCUT2D eigenvalue weighted by atomic mass is 10.1. The zero-order valence-electron chi connectivity index (χ0n) is 8.58. The first-order valence-electron chi connectivity index (χ1n) is 4.65. The van der Waals surface area contributed by atoms with Crippen molar-refractivity contribution >= 4 is 5.97 Å². The Morgan fingerprint density at radius 2 is 2.08 bits per heavy atom. The van der Waals surface area contributed by atoms with Crippen LogP contribution in [0.2, 0.25) is 0 Å². The molecule has 0 aromatic carbocycles. The van der Waals surface area contributed by atoms with Crippen LogP contribution < -0.4 is 0 Å². The molecule has 13 heavy (non-hydrogen) atoms. The van der Waals surface area contributed by atoms with E-state index in [1.165, 1.54) is 0 Å². The summed E-state index contributed by atoms with van der Waals surface area (Å²) in [5.74, 6) is -0.372. The molecule has 0 heterocycles. The smallest absolute Gasteiger partial charge is 0.307 e. The van der Waals surface area contributed by atoms with Crippen LogP contribution in [0.5, 0.6) is 0 Å². The number of carboxylic acids is 1. The Kier molecular flexibility index (Phi) is 5.94. The Balaban J connectivity index is 4.36. The van der Waals surface area contributed by atoms with Gasteiger partial charge < -0.3 is 5.11 Å². The van der Waals surface area contributed by atoms with Crippen molar-refractivity contribution in [1.29, 1.82) is 0 Å². The molecule has 0 amide bonds. The van der Waals surface area contributed by atoms with Crippen molar-refractivity contribution in [3.63, 3.8) is 0 Å². The molecular weight excluding hydrogens is 164 g/mol. The summed E-state index contributed by atoms with van der Waals surface area (Å²) >= 11 is 0. The van der Waals surface area contributed by atoms with Crippen LogP contribution in [0.3, 0.4) is 0 Å². The molecule has 0 saturated carbocycles. The lowest BCUT2D eigenvalue weighted by Gasteiger charge is -2.00. The summed E-state index contributed by atoms with van der Waals surface area (Å²) in [5, 5.41) is 8.62. The third kappa shape index (κ3) is 7.32. The van der Waals surface area contributed by atoms with Gasteiger partial charge in [0.05, 0.1) is 6.42 Å². The highest BCUT2D eigenvalue weighted by molar-refractivity contribution is 5.70. The molecule has 0 aromatic rings. The predicted molar refractivity (Wildman–Crippen MR) is 54.6 cm³/mol. The van der Waals surface area contributed by atoms with Crippen LogP contribution in [0.4, 0.5) is 0 Å². The highest BCUT2D eigenvalue weighted by Crippen LogP contribution is 2.08. The third-order valence-corrected chi connectivity index (χ3v) is 1.47. The Morgan fingerprint density at radius 1 is 1.46 bits per heavy atom. The molecule has 0 saturated heterocycles. The Labute approximate surface area is 80.0 Å². The van der Waals surface area contributed by atoms with E-state index in [0.29, 0.717) is 5.92 Å². The fraction of sp³-hybridized carbons (Fsp3) is 0.545. The van der Waals surface area contributed by atoms with E-state index >= 15 is 0 Å². The summed E-state index contributed by atoms with van der Waals surface area (Å²) in [6, 6.07) is 0. The normalized spacial score (nSPS) is 12.8. The minimum absolute atomic E-state index is 0.120. The molecule has 1 N–H and O–H groups in total. The van der Waals surface area contributed by atoms with Crippen LogP contribution >= 0.6 is 0 Å². The fourth-order valence-electron chi connectivity index (χ4n) is 1.05. The third-order valence-electron chi connectivity index (χ3n) is 1.47. The molecule has 0 unspecified atom stereocenters. The van der Waals surface area contributed by atoms with E-state index in [2.05, 4.69) is 0 Å². The number of carboxylic acid groups (broad SMARTS) is 1. The Bertz CT molecular complexity index is 212. The van der Waals surface area contributed by atoms with Gasteiger partial charge >= 0.3 is 5.97 Å². The Hall–Kier alpha value is -1.05. The molecule has 0 radical (unpaired) electrons. The van der Waals surface area contributed by atoms with Gasteiger partial charge in [-0.15, -0.1) is 0 Å². The van der Waals surface area contributed by atoms with Gasteiger partial charge in [-0.3, -0.25) is 4.79 Å². The van der Waals surface area contributed by atoms with Crippen LogP contribution in [-0.4, -0.2) is 11.1 Å². The van der Waals surface area contributed by atoms with Gasteiger partial charge in [-0.1, -0.05) is 39.0 Å². The average Bonchev–Trinajstić information content (AvgIpc) is 1.98. The van der Waals surface area contributed by atoms with E-state index in [1.54, 1.807) is 0 Å². The van der Waals surface area contributed by atoms with Crippen molar-refractivity contribution in [2.24, 2.45) is 5.92 Å². The summed E-state index contributed by atoms with van der Waals surface area (Å²) in [7, 11) is 0. The summed E-state index contributed by atoms with van der Waals surface area (Å²) in [6.45, 7) is 6.12. The van der Waals surface area contributed by atoms with Gasteiger partial charge in [0.2, 0.25) is 0 Å². The lowest BCUT2D eigenvalue weighted by molar-refractivity contribution is -0.136. The van der Waals surface area contributed by atoms with Gasteiger partial charge in [0.25, 0.3) is 0 Å². The summed E-state index contributed by atoms with van der Waals surface area (Å²) in [5.41, 5.74) is 0.893. The number of allylic oxidation sites excluding steroid dienone is 3. The van der Waals surface area contributed by atoms with Crippen LogP contribution in [0, 0.1) is 5.92 Å². The molecule has 0 atom stereocenters.